The van der Waals surface area contributed by atoms with Crippen LogP contribution >= 0.6 is 0 Å². The SMILES string of the molecule is Cc1cc(-c2cc3cc4nc(cc5ccc(cc6nc(cc2[nH]3)C=C6)[nH]5)C=C4)c(C)c(C)c1C. The van der Waals surface area contributed by atoms with E-state index in [9.17, 15) is 0 Å². The Morgan fingerprint density at radius 1 is 0.500 bits per heavy atom. The van der Waals surface area contributed by atoms with Gasteiger partial charge in [0.2, 0.25) is 0 Å². The third kappa shape index (κ3) is 3.57. The molecule has 1 aromatic carbocycles. The molecule has 8 bridgehead atoms. The molecule has 2 aliphatic rings. The summed E-state index contributed by atoms with van der Waals surface area (Å²) in [5.74, 6) is 0. The van der Waals surface area contributed by atoms with Crippen molar-refractivity contribution in [2.75, 3.05) is 0 Å². The average Bonchev–Trinajstić information content (AvgIpc) is 3.60. The Kier molecular flexibility index (Phi) is 4.63. The highest BCUT2D eigenvalue weighted by atomic mass is 14.8. The highest BCUT2D eigenvalue weighted by molar-refractivity contribution is 5.89. The lowest BCUT2D eigenvalue weighted by Crippen LogP contribution is -1.94. The van der Waals surface area contributed by atoms with Crippen LogP contribution in [-0.4, -0.2) is 19.9 Å². The van der Waals surface area contributed by atoms with Gasteiger partial charge in [-0.05, 0) is 122 Å². The Morgan fingerprint density at radius 2 is 1.06 bits per heavy atom. The Morgan fingerprint density at radius 3 is 1.68 bits per heavy atom. The minimum Gasteiger partial charge on any atom is -0.355 e. The first-order chi connectivity index (χ1) is 16.4. The highest BCUT2D eigenvalue weighted by Crippen LogP contribution is 2.34. The summed E-state index contributed by atoms with van der Waals surface area (Å²) in [5, 5.41) is 0. The van der Waals surface area contributed by atoms with E-state index in [2.05, 4.69) is 104 Å². The number of aromatic nitrogens is 4. The fourth-order valence-electron chi connectivity index (χ4n) is 4.73. The first kappa shape index (κ1) is 20.4. The molecule has 5 heterocycles. The summed E-state index contributed by atoms with van der Waals surface area (Å²) in [7, 11) is 0. The number of hydrogen-bond acceptors (Lipinski definition) is 2. The molecule has 0 unspecified atom stereocenters. The molecule has 4 nitrogen and oxygen atoms in total. The Hall–Kier alpha value is -4.18. The number of aromatic amines is 2. The lowest BCUT2D eigenvalue weighted by molar-refractivity contribution is 1.22. The largest absolute Gasteiger partial charge is 0.355 e. The van der Waals surface area contributed by atoms with Crippen molar-refractivity contribution in [3.8, 4) is 11.1 Å². The van der Waals surface area contributed by atoms with Crippen LogP contribution in [0.15, 0.2) is 48.5 Å². The third-order valence-corrected chi connectivity index (χ3v) is 6.94. The van der Waals surface area contributed by atoms with Crippen molar-refractivity contribution in [3.05, 3.63) is 93.6 Å². The number of nitrogens with zero attached hydrogens (tertiary/aromatic N) is 2. The fraction of sp³-hybridized carbons (Fsp3) is 0.133. The molecule has 0 spiro atoms. The molecular weight excluding hydrogens is 416 g/mol. The molecule has 0 amide bonds. The van der Waals surface area contributed by atoms with E-state index in [4.69, 9.17) is 9.97 Å². The maximum atomic E-state index is 4.84. The van der Waals surface area contributed by atoms with E-state index >= 15 is 0 Å². The monoisotopic (exact) mass is 442 g/mol. The highest BCUT2D eigenvalue weighted by Gasteiger charge is 2.13. The summed E-state index contributed by atoms with van der Waals surface area (Å²) in [6, 6.07) is 17.0. The quantitative estimate of drug-likeness (QED) is 0.276. The number of nitrogens with one attached hydrogen (secondary N) is 2. The molecule has 0 radical (unpaired) electrons. The lowest BCUT2D eigenvalue weighted by Gasteiger charge is -2.13. The van der Waals surface area contributed by atoms with Gasteiger partial charge in [-0.2, -0.15) is 0 Å². The van der Waals surface area contributed by atoms with Crippen LogP contribution in [0.4, 0.5) is 0 Å². The van der Waals surface area contributed by atoms with Crippen LogP contribution in [0.5, 0.6) is 0 Å². The molecular formula is C30H26N4. The molecule has 34 heavy (non-hydrogen) atoms. The van der Waals surface area contributed by atoms with Gasteiger partial charge in [0.1, 0.15) is 0 Å². The molecule has 6 rings (SSSR count). The maximum absolute atomic E-state index is 4.84. The summed E-state index contributed by atoms with van der Waals surface area (Å²) in [6.07, 6.45) is 8.23. The van der Waals surface area contributed by atoms with Crippen LogP contribution in [0.25, 0.3) is 57.5 Å². The summed E-state index contributed by atoms with van der Waals surface area (Å²) in [6.45, 7) is 8.82. The normalized spacial score (nSPS) is 12.5. The molecule has 4 heteroatoms. The van der Waals surface area contributed by atoms with Crippen molar-refractivity contribution in [2.24, 2.45) is 0 Å². The Bertz CT molecular complexity index is 1690. The van der Waals surface area contributed by atoms with E-state index in [0.29, 0.717) is 0 Å². The number of H-pyrrole nitrogens is 2. The van der Waals surface area contributed by atoms with Crippen LogP contribution in [0, 0.1) is 27.7 Å². The predicted molar refractivity (Wildman–Crippen MR) is 143 cm³/mol. The van der Waals surface area contributed by atoms with Gasteiger partial charge < -0.3 is 9.97 Å². The van der Waals surface area contributed by atoms with Gasteiger partial charge in [0.15, 0.2) is 0 Å². The zero-order valence-corrected chi connectivity index (χ0v) is 19.8. The van der Waals surface area contributed by atoms with Gasteiger partial charge >= 0.3 is 0 Å². The minimum atomic E-state index is 0.928. The predicted octanol–water partition coefficient (Wildman–Crippen LogP) is 7.56. The van der Waals surface area contributed by atoms with Crippen LogP contribution < -0.4 is 0 Å². The molecule has 0 saturated heterocycles. The average molecular weight is 443 g/mol. The van der Waals surface area contributed by atoms with Gasteiger partial charge in [0.05, 0.1) is 22.8 Å². The van der Waals surface area contributed by atoms with Crippen molar-refractivity contribution >= 4 is 46.4 Å². The van der Waals surface area contributed by atoms with Gasteiger partial charge in [-0.3, -0.25) is 0 Å². The van der Waals surface area contributed by atoms with E-state index in [-0.39, 0.29) is 0 Å². The first-order valence-corrected chi connectivity index (χ1v) is 11.6. The number of aryl methyl sites for hydroxylation is 1. The standard InChI is InChI=1S/C30H26N4/c1-17-11-28(20(4)19(3)18(17)2)29-15-27-14-25-8-7-23(32-25)12-21-5-6-22(31-21)13-24-9-10-26(33-24)16-30(29)34-27/h5-16,31,34H,1-4H3. The van der Waals surface area contributed by atoms with Crippen molar-refractivity contribution in [2.45, 2.75) is 27.7 Å². The maximum Gasteiger partial charge on any atom is 0.0658 e. The van der Waals surface area contributed by atoms with Crippen LogP contribution in [0.1, 0.15) is 45.0 Å². The number of rotatable bonds is 1. The summed E-state index contributed by atoms with van der Waals surface area (Å²) in [5.41, 5.74) is 15.6. The number of benzene rings is 1. The smallest absolute Gasteiger partial charge is 0.0658 e. The first-order valence-electron chi connectivity index (χ1n) is 11.6. The van der Waals surface area contributed by atoms with E-state index in [1.54, 1.807) is 0 Å². The molecule has 2 aliphatic heterocycles. The third-order valence-electron chi connectivity index (χ3n) is 6.94. The fourth-order valence-corrected chi connectivity index (χ4v) is 4.73. The second kappa shape index (κ2) is 7.70. The molecule has 3 aromatic heterocycles. The number of hydrogen-bond donors (Lipinski definition) is 2. The Labute approximate surface area is 198 Å². The molecule has 166 valence electrons. The van der Waals surface area contributed by atoms with E-state index in [1.165, 1.54) is 33.4 Å². The summed E-state index contributed by atoms with van der Waals surface area (Å²) < 4.78 is 0. The molecule has 0 fully saturated rings. The second-order valence-corrected chi connectivity index (χ2v) is 9.20. The topological polar surface area (TPSA) is 57.4 Å². The van der Waals surface area contributed by atoms with Gasteiger partial charge in [-0.15, -0.1) is 0 Å². The Balaban J connectivity index is 1.69. The van der Waals surface area contributed by atoms with Gasteiger partial charge in [-0.1, -0.05) is 6.07 Å². The minimum absolute atomic E-state index is 0.928. The zero-order chi connectivity index (χ0) is 23.4. The summed E-state index contributed by atoms with van der Waals surface area (Å²) in [4.78, 5) is 16.7. The van der Waals surface area contributed by atoms with Crippen molar-refractivity contribution in [1.82, 2.24) is 19.9 Å². The number of fused-ring (bicyclic) bond motifs is 8. The van der Waals surface area contributed by atoms with Crippen molar-refractivity contribution < 1.29 is 0 Å². The van der Waals surface area contributed by atoms with Crippen LogP contribution in [-0.2, 0) is 0 Å². The zero-order valence-electron chi connectivity index (χ0n) is 19.8. The van der Waals surface area contributed by atoms with Gasteiger partial charge in [0.25, 0.3) is 0 Å². The van der Waals surface area contributed by atoms with E-state index in [0.717, 1.165) is 44.8 Å². The molecule has 0 aliphatic carbocycles. The van der Waals surface area contributed by atoms with Crippen LogP contribution in [0.2, 0.25) is 0 Å². The van der Waals surface area contributed by atoms with Gasteiger partial charge in [-0.25, -0.2) is 9.97 Å². The van der Waals surface area contributed by atoms with E-state index in [1.807, 2.05) is 6.08 Å². The van der Waals surface area contributed by atoms with E-state index < -0.39 is 0 Å². The summed E-state index contributed by atoms with van der Waals surface area (Å²) >= 11 is 0. The second-order valence-electron chi connectivity index (χ2n) is 9.20. The lowest BCUT2D eigenvalue weighted by atomic mass is 9.91. The van der Waals surface area contributed by atoms with Crippen molar-refractivity contribution in [3.63, 3.8) is 0 Å². The molecule has 0 saturated carbocycles. The molecule has 4 aromatic rings. The molecule has 0 atom stereocenters. The van der Waals surface area contributed by atoms with Gasteiger partial charge in [0, 0.05) is 27.6 Å². The van der Waals surface area contributed by atoms with Crippen LogP contribution in [0.3, 0.4) is 0 Å². The van der Waals surface area contributed by atoms with Crippen molar-refractivity contribution in [1.29, 1.82) is 0 Å². The molecule has 2 N–H and O–H groups in total.